The molecule has 5 rings (SSSR count). The Morgan fingerprint density at radius 1 is 1.16 bits per heavy atom. The number of hydrogen-bond donors (Lipinski definition) is 1. The molecule has 0 atom stereocenters. The van der Waals surface area contributed by atoms with Crippen LogP contribution in [-0.4, -0.2) is 24.7 Å². The fourth-order valence-electron chi connectivity index (χ4n) is 3.59. The number of nitrogens with zero attached hydrogens (tertiary/aromatic N) is 4. The molecular formula is C22H19N5O4S. The summed E-state index contributed by atoms with van der Waals surface area (Å²) in [4.78, 5) is 38.8. The molecule has 0 fully saturated rings. The highest BCUT2D eigenvalue weighted by Crippen LogP contribution is 2.18. The van der Waals surface area contributed by atoms with Crippen LogP contribution in [0, 0.1) is 13.8 Å². The number of carbonyl (C=O) groups is 1. The highest BCUT2D eigenvalue weighted by molar-refractivity contribution is 7.17. The minimum absolute atomic E-state index is 0.120. The number of thiophene rings is 1. The molecule has 0 bridgehead atoms. The van der Waals surface area contributed by atoms with Crippen molar-refractivity contribution < 1.29 is 9.21 Å². The number of furan rings is 1. The van der Waals surface area contributed by atoms with Crippen LogP contribution in [0.5, 0.6) is 0 Å². The van der Waals surface area contributed by atoms with Crippen LogP contribution >= 0.6 is 11.3 Å². The fraction of sp³-hybridized carbons (Fsp3) is 0.182. The van der Waals surface area contributed by atoms with Crippen molar-refractivity contribution in [2.45, 2.75) is 26.9 Å². The number of aromatic nitrogens is 4. The third-order valence-electron chi connectivity index (χ3n) is 5.37. The maximum Gasteiger partial charge on any atom is 0.352 e. The number of benzene rings is 1. The minimum atomic E-state index is -0.494. The lowest BCUT2D eigenvalue weighted by Gasteiger charge is -2.07. The van der Waals surface area contributed by atoms with Gasteiger partial charge < -0.3 is 9.73 Å². The van der Waals surface area contributed by atoms with Crippen LogP contribution in [0.4, 0.5) is 5.69 Å². The summed E-state index contributed by atoms with van der Waals surface area (Å²) >= 11 is 1.25. The molecule has 0 aliphatic heterocycles. The van der Waals surface area contributed by atoms with Crippen LogP contribution in [-0.2, 0) is 17.9 Å². The zero-order valence-electron chi connectivity index (χ0n) is 17.4. The van der Waals surface area contributed by atoms with E-state index in [4.69, 9.17) is 4.42 Å². The number of amides is 1. The lowest BCUT2D eigenvalue weighted by molar-refractivity contribution is -0.117. The average Bonchev–Trinajstić information content (AvgIpc) is 3.49. The van der Waals surface area contributed by atoms with E-state index < -0.39 is 5.69 Å². The topological polar surface area (TPSA) is 104 Å². The number of aryl methyl sites for hydroxylation is 2. The molecule has 0 aliphatic carbocycles. The largest absolute Gasteiger partial charge is 0.467 e. The van der Waals surface area contributed by atoms with Crippen molar-refractivity contribution in [3.8, 4) is 0 Å². The van der Waals surface area contributed by atoms with Gasteiger partial charge in [-0.25, -0.2) is 13.9 Å². The molecule has 0 saturated carbocycles. The zero-order chi connectivity index (χ0) is 22.4. The van der Waals surface area contributed by atoms with E-state index in [0.29, 0.717) is 21.7 Å². The second kappa shape index (κ2) is 7.65. The van der Waals surface area contributed by atoms with E-state index in [1.165, 1.54) is 26.6 Å². The van der Waals surface area contributed by atoms with Crippen LogP contribution in [0.2, 0.25) is 0 Å². The lowest BCUT2D eigenvalue weighted by Crippen LogP contribution is -2.29. The van der Waals surface area contributed by atoms with Crippen LogP contribution in [0.25, 0.3) is 16.0 Å². The van der Waals surface area contributed by atoms with Gasteiger partial charge in [0.2, 0.25) is 11.7 Å². The summed E-state index contributed by atoms with van der Waals surface area (Å²) in [5.74, 6) is 0.320. The van der Waals surface area contributed by atoms with E-state index in [9.17, 15) is 14.4 Å². The van der Waals surface area contributed by atoms with Crippen molar-refractivity contribution in [3.63, 3.8) is 0 Å². The number of hydrogen-bond acceptors (Lipinski definition) is 6. The Kier molecular flexibility index (Phi) is 4.78. The Morgan fingerprint density at radius 3 is 2.75 bits per heavy atom. The predicted octanol–water partition coefficient (Wildman–Crippen LogP) is 2.77. The molecule has 0 unspecified atom stereocenters. The summed E-state index contributed by atoms with van der Waals surface area (Å²) < 4.78 is 9.63. The van der Waals surface area contributed by atoms with Gasteiger partial charge in [0, 0.05) is 5.69 Å². The lowest BCUT2D eigenvalue weighted by atomic mass is 10.1. The van der Waals surface area contributed by atoms with Crippen molar-refractivity contribution in [2.75, 3.05) is 5.32 Å². The first-order valence-corrected chi connectivity index (χ1v) is 10.8. The first-order chi connectivity index (χ1) is 15.4. The SMILES string of the molecule is Cc1ccc(NC(=O)Cn2nc3n(Cc4ccco4)c(=O)c4sccc4n3c2=O)cc1C. The van der Waals surface area contributed by atoms with Crippen LogP contribution in [0.15, 0.2) is 62.0 Å². The Bertz CT molecular complexity index is 1590. The number of nitrogens with one attached hydrogen (secondary N) is 1. The number of anilines is 1. The molecule has 0 spiro atoms. The quantitative estimate of drug-likeness (QED) is 0.444. The third kappa shape index (κ3) is 3.34. The Labute approximate surface area is 185 Å². The van der Waals surface area contributed by atoms with Crippen LogP contribution in [0.1, 0.15) is 16.9 Å². The average molecular weight is 449 g/mol. The van der Waals surface area contributed by atoms with Gasteiger partial charge in [-0.1, -0.05) is 6.07 Å². The number of fused-ring (bicyclic) bond motifs is 3. The molecule has 0 aliphatic rings. The summed E-state index contributed by atoms with van der Waals surface area (Å²) in [7, 11) is 0. The third-order valence-corrected chi connectivity index (χ3v) is 6.26. The van der Waals surface area contributed by atoms with E-state index >= 15 is 0 Å². The molecule has 4 heterocycles. The summed E-state index contributed by atoms with van der Waals surface area (Å²) in [5, 5.41) is 8.87. The van der Waals surface area contributed by atoms with Gasteiger partial charge in [-0.05, 0) is 60.7 Å². The molecule has 1 aromatic carbocycles. The molecule has 0 saturated heterocycles. The molecular weight excluding hydrogens is 430 g/mol. The fourth-order valence-corrected chi connectivity index (χ4v) is 4.42. The van der Waals surface area contributed by atoms with Crippen molar-refractivity contribution >= 4 is 38.9 Å². The van der Waals surface area contributed by atoms with Gasteiger partial charge in [0.15, 0.2) is 0 Å². The molecule has 9 nitrogen and oxygen atoms in total. The minimum Gasteiger partial charge on any atom is -0.467 e. The van der Waals surface area contributed by atoms with Gasteiger partial charge in [-0.2, -0.15) is 0 Å². The van der Waals surface area contributed by atoms with E-state index in [0.717, 1.165) is 15.8 Å². The Hall–Kier alpha value is -3.92. The smallest absolute Gasteiger partial charge is 0.352 e. The van der Waals surface area contributed by atoms with E-state index in [1.807, 2.05) is 32.0 Å². The van der Waals surface area contributed by atoms with E-state index in [-0.39, 0.29) is 30.3 Å². The van der Waals surface area contributed by atoms with Crippen molar-refractivity contribution in [2.24, 2.45) is 0 Å². The van der Waals surface area contributed by atoms with Gasteiger partial charge in [0.25, 0.3) is 5.56 Å². The van der Waals surface area contributed by atoms with E-state index in [1.54, 1.807) is 23.6 Å². The molecule has 32 heavy (non-hydrogen) atoms. The van der Waals surface area contributed by atoms with Crippen molar-refractivity contribution in [1.82, 2.24) is 18.7 Å². The van der Waals surface area contributed by atoms with Gasteiger partial charge in [0.1, 0.15) is 17.0 Å². The highest BCUT2D eigenvalue weighted by Gasteiger charge is 2.20. The summed E-state index contributed by atoms with van der Waals surface area (Å²) in [6, 6.07) is 10.8. The number of rotatable bonds is 5. The highest BCUT2D eigenvalue weighted by atomic mass is 32.1. The van der Waals surface area contributed by atoms with Crippen LogP contribution < -0.4 is 16.6 Å². The summed E-state index contributed by atoms with van der Waals surface area (Å²) in [6.07, 6.45) is 1.52. The Balaban J connectivity index is 1.56. The van der Waals surface area contributed by atoms with Crippen molar-refractivity contribution in [1.29, 1.82) is 0 Å². The second-order valence-corrected chi connectivity index (χ2v) is 8.44. The maximum absolute atomic E-state index is 13.1. The zero-order valence-corrected chi connectivity index (χ0v) is 18.2. The molecule has 4 aromatic heterocycles. The molecule has 1 amide bonds. The molecule has 0 radical (unpaired) electrons. The first-order valence-electron chi connectivity index (χ1n) is 9.91. The second-order valence-electron chi connectivity index (χ2n) is 7.53. The summed E-state index contributed by atoms with van der Waals surface area (Å²) in [6.45, 7) is 3.79. The molecule has 10 heteroatoms. The maximum atomic E-state index is 13.1. The van der Waals surface area contributed by atoms with Gasteiger partial charge in [-0.15, -0.1) is 16.4 Å². The Morgan fingerprint density at radius 2 is 2.00 bits per heavy atom. The van der Waals surface area contributed by atoms with Gasteiger partial charge >= 0.3 is 5.69 Å². The standard InChI is InChI=1S/C22H19N5O4S/c1-13-5-6-15(10-14(13)2)23-18(28)12-26-22(30)27-17-7-9-32-19(17)20(29)25(21(27)24-26)11-16-4-3-8-31-16/h3-10H,11-12H2,1-2H3,(H,23,28). The molecule has 162 valence electrons. The van der Waals surface area contributed by atoms with Gasteiger partial charge in [0.05, 0.1) is 18.3 Å². The van der Waals surface area contributed by atoms with Crippen molar-refractivity contribution in [3.05, 3.63) is 85.8 Å². The monoisotopic (exact) mass is 449 g/mol. The normalized spacial score (nSPS) is 11.4. The van der Waals surface area contributed by atoms with Gasteiger partial charge in [-0.3, -0.25) is 14.2 Å². The number of carbonyl (C=O) groups excluding carboxylic acids is 1. The predicted molar refractivity (Wildman–Crippen MR) is 121 cm³/mol. The van der Waals surface area contributed by atoms with E-state index in [2.05, 4.69) is 10.4 Å². The summed E-state index contributed by atoms with van der Waals surface area (Å²) in [5.41, 5.74) is 2.52. The first kappa shape index (κ1) is 20.0. The molecule has 1 N–H and O–H groups in total. The van der Waals surface area contributed by atoms with Crippen LogP contribution in [0.3, 0.4) is 0 Å². The molecule has 5 aromatic rings.